The van der Waals surface area contributed by atoms with Crippen LogP contribution in [0.2, 0.25) is 0 Å². The molecule has 19 heavy (non-hydrogen) atoms. The number of carbonyl (C=O) groups is 1. The minimum atomic E-state index is -0.201. The fourth-order valence-electron chi connectivity index (χ4n) is 1.78. The zero-order chi connectivity index (χ0) is 13.7. The number of hydrogen-bond donors (Lipinski definition) is 3. The van der Waals surface area contributed by atoms with Crippen LogP contribution in [0.5, 0.6) is 0 Å². The molecule has 1 aromatic carbocycles. The van der Waals surface area contributed by atoms with Crippen molar-refractivity contribution in [3.63, 3.8) is 0 Å². The van der Waals surface area contributed by atoms with Crippen LogP contribution in [0, 0.1) is 6.92 Å². The number of amides is 1. The molecule has 0 fully saturated rings. The highest BCUT2D eigenvalue weighted by molar-refractivity contribution is 6.03. The average molecular weight is 258 g/mol. The molecule has 0 bridgehead atoms. The molecular formula is C14H18N4O. The van der Waals surface area contributed by atoms with Crippen LogP contribution in [-0.2, 0) is 6.54 Å². The number of nitrogens with zero attached hydrogens (tertiary/aromatic N) is 1. The number of rotatable bonds is 5. The number of hydrogen-bond acceptors (Lipinski definition) is 3. The normalized spacial score (nSPS) is 10.4. The van der Waals surface area contributed by atoms with Crippen molar-refractivity contribution in [3.8, 4) is 0 Å². The van der Waals surface area contributed by atoms with Crippen LogP contribution in [-0.4, -0.2) is 22.6 Å². The first-order chi connectivity index (χ1) is 9.20. The van der Waals surface area contributed by atoms with Crippen molar-refractivity contribution in [2.45, 2.75) is 20.4 Å². The molecule has 0 unspecified atom stereocenters. The van der Waals surface area contributed by atoms with E-state index in [1.165, 1.54) is 0 Å². The number of H-pyrrole nitrogens is 1. The van der Waals surface area contributed by atoms with Crippen LogP contribution >= 0.6 is 0 Å². The van der Waals surface area contributed by atoms with Gasteiger partial charge in [-0.15, -0.1) is 0 Å². The molecule has 0 saturated heterocycles. The SMILES string of the molecule is CCNCc1ccccc1NC(=O)c1cc(C)[nH]n1. The van der Waals surface area contributed by atoms with Gasteiger partial charge in [0.05, 0.1) is 0 Å². The standard InChI is InChI=1S/C14H18N4O/c1-3-15-9-11-6-4-5-7-12(11)16-14(19)13-8-10(2)17-18-13/h4-8,15H,3,9H2,1-2H3,(H,16,19)(H,17,18). The first-order valence-corrected chi connectivity index (χ1v) is 6.32. The highest BCUT2D eigenvalue weighted by Crippen LogP contribution is 2.15. The number of aryl methyl sites for hydroxylation is 1. The van der Waals surface area contributed by atoms with E-state index in [1.807, 2.05) is 38.1 Å². The molecule has 2 aromatic rings. The summed E-state index contributed by atoms with van der Waals surface area (Å²) in [5.41, 5.74) is 3.14. The van der Waals surface area contributed by atoms with E-state index in [-0.39, 0.29) is 5.91 Å². The molecule has 100 valence electrons. The van der Waals surface area contributed by atoms with Crippen molar-refractivity contribution < 1.29 is 4.79 Å². The molecule has 2 rings (SSSR count). The lowest BCUT2D eigenvalue weighted by Gasteiger charge is -2.10. The Kier molecular flexibility index (Phi) is 4.30. The van der Waals surface area contributed by atoms with Gasteiger partial charge in [-0.1, -0.05) is 25.1 Å². The molecule has 5 nitrogen and oxygen atoms in total. The number of carbonyl (C=O) groups excluding carboxylic acids is 1. The van der Waals surface area contributed by atoms with Gasteiger partial charge in [0.2, 0.25) is 0 Å². The van der Waals surface area contributed by atoms with Gasteiger partial charge in [0.1, 0.15) is 0 Å². The smallest absolute Gasteiger partial charge is 0.276 e. The van der Waals surface area contributed by atoms with Crippen molar-refractivity contribution in [3.05, 3.63) is 47.3 Å². The lowest BCUT2D eigenvalue weighted by molar-refractivity contribution is 0.102. The maximum absolute atomic E-state index is 12.0. The fraction of sp³-hybridized carbons (Fsp3) is 0.286. The summed E-state index contributed by atoms with van der Waals surface area (Å²) in [7, 11) is 0. The quantitative estimate of drug-likeness (QED) is 0.769. The molecule has 0 atom stereocenters. The predicted octanol–water partition coefficient (Wildman–Crippen LogP) is 2.08. The Morgan fingerprint density at radius 3 is 2.84 bits per heavy atom. The van der Waals surface area contributed by atoms with Crippen LogP contribution in [0.15, 0.2) is 30.3 Å². The first kappa shape index (κ1) is 13.3. The molecule has 1 heterocycles. The highest BCUT2D eigenvalue weighted by atomic mass is 16.1. The van der Waals surface area contributed by atoms with Gasteiger partial charge in [-0.2, -0.15) is 5.10 Å². The summed E-state index contributed by atoms with van der Waals surface area (Å²) in [5.74, 6) is -0.201. The summed E-state index contributed by atoms with van der Waals surface area (Å²) >= 11 is 0. The summed E-state index contributed by atoms with van der Waals surface area (Å²) in [6.07, 6.45) is 0. The molecule has 0 aliphatic rings. The Labute approximate surface area is 112 Å². The van der Waals surface area contributed by atoms with Crippen LogP contribution in [0.1, 0.15) is 28.7 Å². The number of nitrogens with one attached hydrogen (secondary N) is 3. The van der Waals surface area contributed by atoms with Crippen molar-refractivity contribution >= 4 is 11.6 Å². The number of aromatic amines is 1. The monoisotopic (exact) mass is 258 g/mol. The average Bonchev–Trinajstić information content (AvgIpc) is 2.84. The van der Waals surface area contributed by atoms with E-state index in [9.17, 15) is 4.79 Å². The molecule has 1 amide bonds. The number of para-hydroxylation sites is 1. The second kappa shape index (κ2) is 6.15. The number of anilines is 1. The van der Waals surface area contributed by atoms with Gasteiger partial charge < -0.3 is 10.6 Å². The lowest BCUT2D eigenvalue weighted by atomic mass is 10.1. The van der Waals surface area contributed by atoms with Crippen molar-refractivity contribution in [2.75, 3.05) is 11.9 Å². The number of aromatic nitrogens is 2. The molecule has 0 aliphatic carbocycles. The summed E-state index contributed by atoms with van der Waals surface area (Å²) in [5, 5.41) is 12.8. The third-order valence-corrected chi connectivity index (χ3v) is 2.77. The second-order valence-electron chi connectivity index (χ2n) is 4.33. The fourth-order valence-corrected chi connectivity index (χ4v) is 1.78. The molecule has 5 heteroatoms. The zero-order valence-electron chi connectivity index (χ0n) is 11.2. The van der Waals surface area contributed by atoms with Gasteiger partial charge in [-0.25, -0.2) is 0 Å². The topological polar surface area (TPSA) is 69.8 Å². The van der Waals surface area contributed by atoms with E-state index < -0.39 is 0 Å². The predicted molar refractivity (Wildman–Crippen MR) is 75.1 cm³/mol. The lowest BCUT2D eigenvalue weighted by Crippen LogP contribution is -2.17. The van der Waals surface area contributed by atoms with Crippen LogP contribution in [0.4, 0.5) is 5.69 Å². The van der Waals surface area contributed by atoms with Crippen molar-refractivity contribution in [2.24, 2.45) is 0 Å². The molecular weight excluding hydrogens is 240 g/mol. The molecule has 1 aromatic heterocycles. The van der Waals surface area contributed by atoms with Crippen LogP contribution < -0.4 is 10.6 Å². The van der Waals surface area contributed by atoms with Crippen molar-refractivity contribution in [1.29, 1.82) is 0 Å². The summed E-state index contributed by atoms with van der Waals surface area (Å²) in [4.78, 5) is 12.0. The van der Waals surface area contributed by atoms with Crippen LogP contribution in [0.3, 0.4) is 0 Å². The third-order valence-electron chi connectivity index (χ3n) is 2.77. The van der Waals surface area contributed by atoms with Crippen LogP contribution in [0.25, 0.3) is 0 Å². The first-order valence-electron chi connectivity index (χ1n) is 6.32. The van der Waals surface area contributed by atoms with E-state index in [2.05, 4.69) is 20.8 Å². The second-order valence-corrected chi connectivity index (χ2v) is 4.33. The minimum absolute atomic E-state index is 0.201. The summed E-state index contributed by atoms with van der Waals surface area (Å²) in [6.45, 7) is 5.53. The third kappa shape index (κ3) is 3.42. The van der Waals surface area contributed by atoms with Gasteiger partial charge in [0, 0.05) is 17.9 Å². The van der Waals surface area contributed by atoms with E-state index >= 15 is 0 Å². The summed E-state index contributed by atoms with van der Waals surface area (Å²) in [6, 6.07) is 9.47. The highest BCUT2D eigenvalue weighted by Gasteiger charge is 2.11. The Hall–Kier alpha value is -2.14. The molecule has 3 N–H and O–H groups in total. The minimum Gasteiger partial charge on any atom is -0.320 e. The summed E-state index contributed by atoms with van der Waals surface area (Å²) < 4.78 is 0. The Bertz CT molecular complexity index is 562. The Morgan fingerprint density at radius 1 is 1.37 bits per heavy atom. The molecule has 0 saturated carbocycles. The molecule has 0 aliphatic heterocycles. The maximum Gasteiger partial charge on any atom is 0.276 e. The van der Waals surface area contributed by atoms with Gasteiger partial charge in [0.15, 0.2) is 5.69 Å². The van der Waals surface area contributed by atoms with E-state index in [4.69, 9.17) is 0 Å². The van der Waals surface area contributed by atoms with Gasteiger partial charge in [-0.05, 0) is 31.2 Å². The Morgan fingerprint density at radius 2 is 2.16 bits per heavy atom. The molecule has 0 spiro atoms. The van der Waals surface area contributed by atoms with Crippen molar-refractivity contribution in [1.82, 2.24) is 15.5 Å². The number of benzene rings is 1. The van der Waals surface area contributed by atoms with Gasteiger partial charge >= 0.3 is 0 Å². The van der Waals surface area contributed by atoms with E-state index in [1.54, 1.807) is 6.07 Å². The van der Waals surface area contributed by atoms with E-state index in [0.717, 1.165) is 30.0 Å². The zero-order valence-corrected chi connectivity index (χ0v) is 11.2. The maximum atomic E-state index is 12.0. The van der Waals surface area contributed by atoms with Gasteiger partial charge in [-0.3, -0.25) is 9.89 Å². The largest absolute Gasteiger partial charge is 0.320 e. The Balaban J connectivity index is 2.12. The molecule has 0 radical (unpaired) electrons. The van der Waals surface area contributed by atoms with Gasteiger partial charge in [0.25, 0.3) is 5.91 Å². The van der Waals surface area contributed by atoms with E-state index in [0.29, 0.717) is 5.69 Å².